The predicted molar refractivity (Wildman–Crippen MR) is 90.6 cm³/mol. The van der Waals surface area contributed by atoms with E-state index in [2.05, 4.69) is 15.6 Å². The number of hydrogen-bond acceptors (Lipinski definition) is 4. The van der Waals surface area contributed by atoms with Gasteiger partial charge in [-0.05, 0) is 32.9 Å². The van der Waals surface area contributed by atoms with Crippen LogP contribution in [0.3, 0.4) is 0 Å². The largest absolute Gasteiger partial charge is 0.469 e. The Bertz CT molecular complexity index is 492. The second-order valence-electron chi connectivity index (χ2n) is 6.16. The summed E-state index contributed by atoms with van der Waals surface area (Å²) in [4.78, 5) is 17.5. The van der Waals surface area contributed by atoms with Gasteiger partial charge in [-0.25, -0.2) is 4.79 Å². The van der Waals surface area contributed by atoms with Crippen LogP contribution >= 0.6 is 0 Å². The van der Waals surface area contributed by atoms with Crippen LogP contribution in [0.15, 0.2) is 27.8 Å². The quantitative estimate of drug-likeness (QED) is 0.617. The first-order valence-electron chi connectivity index (χ1n) is 7.73. The molecule has 0 fully saturated rings. The molecule has 130 valence electrons. The van der Waals surface area contributed by atoms with E-state index >= 15 is 0 Å². The molecule has 0 radical (unpaired) electrons. The average molecular weight is 324 g/mol. The lowest BCUT2D eigenvalue weighted by atomic mass is 10.2. The first kappa shape index (κ1) is 18.9. The summed E-state index contributed by atoms with van der Waals surface area (Å²) in [6.07, 6.45) is 2.11. The number of rotatable bonds is 6. The Kier molecular flexibility index (Phi) is 7.44. The number of ether oxygens (including phenoxy) is 1. The van der Waals surface area contributed by atoms with Crippen LogP contribution in [-0.2, 0) is 11.2 Å². The van der Waals surface area contributed by atoms with Crippen molar-refractivity contribution in [3.8, 4) is 0 Å². The monoisotopic (exact) mass is 324 g/mol. The SMILES string of the molecule is CN=C(NCCc1ccco1)NCCN(C)C(=O)OC(C)(C)C. The van der Waals surface area contributed by atoms with Gasteiger partial charge < -0.3 is 24.7 Å². The van der Waals surface area contributed by atoms with Crippen molar-refractivity contribution in [2.75, 3.05) is 33.7 Å². The van der Waals surface area contributed by atoms with E-state index in [1.165, 1.54) is 4.90 Å². The Hall–Kier alpha value is -2.18. The number of amides is 1. The Morgan fingerprint density at radius 3 is 2.61 bits per heavy atom. The van der Waals surface area contributed by atoms with Crippen molar-refractivity contribution < 1.29 is 13.9 Å². The van der Waals surface area contributed by atoms with Gasteiger partial charge in [0.2, 0.25) is 0 Å². The standard InChI is InChI=1S/C16H28N4O3/c1-16(2,3)23-15(21)20(5)11-10-19-14(17-4)18-9-8-13-7-6-12-22-13/h6-7,12H,8-11H2,1-5H3,(H2,17,18,19). The summed E-state index contributed by atoms with van der Waals surface area (Å²) in [5.41, 5.74) is -0.484. The number of guanidine groups is 1. The molecule has 0 bridgehead atoms. The third-order valence-electron chi connectivity index (χ3n) is 2.91. The molecule has 1 heterocycles. The first-order valence-corrected chi connectivity index (χ1v) is 7.73. The molecule has 0 aliphatic heterocycles. The van der Waals surface area contributed by atoms with Gasteiger partial charge in [0, 0.05) is 40.2 Å². The van der Waals surface area contributed by atoms with E-state index in [4.69, 9.17) is 9.15 Å². The lowest BCUT2D eigenvalue weighted by Gasteiger charge is -2.24. The minimum Gasteiger partial charge on any atom is -0.469 e. The van der Waals surface area contributed by atoms with Crippen molar-refractivity contribution in [1.82, 2.24) is 15.5 Å². The van der Waals surface area contributed by atoms with E-state index in [0.29, 0.717) is 19.0 Å². The number of nitrogens with one attached hydrogen (secondary N) is 2. The highest BCUT2D eigenvalue weighted by Gasteiger charge is 2.19. The molecule has 7 heteroatoms. The lowest BCUT2D eigenvalue weighted by Crippen LogP contribution is -2.43. The molecule has 2 N–H and O–H groups in total. The van der Waals surface area contributed by atoms with Crippen molar-refractivity contribution >= 4 is 12.1 Å². The Morgan fingerprint density at radius 1 is 1.35 bits per heavy atom. The third-order valence-corrected chi connectivity index (χ3v) is 2.91. The van der Waals surface area contributed by atoms with Crippen LogP contribution in [0.2, 0.25) is 0 Å². The number of nitrogens with zero attached hydrogens (tertiary/aromatic N) is 2. The minimum atomic E-state index is -0.484. The van der Waals surface area contributed by atoms with Crippen LogP contribution < -0.4 is 10.6 Å². The van der Waals surface area contributed by atoms with Gasteiger partial charge in [0.1, 0.15) is 11.4 Å². The molecule has 0 aromatic carbocycles. The van der Waals surface area contributed by atoms with Crippen molar-refractivity contribution in [2.45, 2.75) is 32.8 Å². The molecule has 0 saturated heterocycles. The number of carbonyl (C=O) groups excluding carboxylic acids is 1. The average Bonchev–Trinajstić information content (AvgIpc) is 2.96. The summed E-state index contributed by atoms with van der Waals surface area (Å²) >= 11 is 0. The van der Waals surface area contributed by atoms with Gasteiger partial charge in [0.05, 0.1) is 6.26 Å². The second kappa shape index (κ2) is 9.07. The molecule has 0 atom stereocenters. The van der Waals surface area contributed by atoms with E-state index in [-0.39, 0.29) is 6.09 Å². The molecular weight excluding hydrogens is 296 g/mol. The van der Waals surface area contributed by atoms with Gasteiger partial charge >= 0.3 is 6.09 Å². The number of carbonyl (C=O) groups is 1. The van der Waals surface area contributed by atoms with Gasteiger partial charge in [0.15, 0.2) is 5.96 Å². The molecule has 7 nitrogen and oxygen atoms in total. The zero-order chi connectivity index (χ0) is 17.3. The van der Waals surface area contributed by atoms with Gasteiger partial charge in [-0.3, -0.25) is 4.99 Å². The molecule has 0 spiro atoms. The van der Waals surface area contributed by atoms with E-state index in [0.717, 1.165) is 18.7 Å². The number of furan rings is 1. The molecule has 0 aliphatic rings. The number of hydrogen-bond donors (Lipinski definition) is 2. The molecular formula is C16H28N4O3. The Balaban J connectivity index is 2.22. The van der Waals surface area contributed by atoms with Crippen LogP contribution in [0.1, 0.15) is 26.5 Å². The fourth-order valence-corrected chi connectivity index (χ4v) is 1.75. The normalized spacial score (nSPS) is 12.0. The fraction of sp³-hybridized carbons (Fsp3) is 0.625. The van der Waals surface area contributed by atoms with E-state index in [9.17, 15) is 4.79 Å². The van der Waals surface area contributed by atoms with Crippen molar-refractivity contribution in [2.24, 2.45) is 4.99 Å². The summed E-state index contributed by atoms with van der Waals surface area (Å²) in [7, 11) is 3.42. The molecule has 1 amide bonds. The van der Waals surface area contributed by atoms with E-state index < -0.39 is 5.60 Å². The summed E-state index contributed by atoms with van der Waals surface area (Å²) in [6.45, 7) is 7.37. The van der Waals surface area contributed by atoms with Crippen molar-refractivity contribution in [3.05, 3.63) is 24.2 Å². The van der Waals surface area contributed by atoms with Crippen LogP contribution in [-0.4, -0.2) is 56.3 Å². The zero-order valence-corrected chi connectivity index (χ0v) is 14.7. The van der Waals surface area contributed by atoms with E-state index in [1.807, 2.05) is 32.9 Å². The molecule has 1 rings (SSSR count). The summed E-state index contributed by atoms with van der Waals surface area (Å²) < 4.78 is 10.6. The Morgan fingerprint density at radius 2 is 2.04 bits per heavy atom. The molecule has 0 aliphatic carbocycles. The zero-order valence-electron chi connectivity index (χ0n) is 14.7. The van der Waals surface area contributed by atoms with Gasteiger partial charge in [-0.1, -0.05) is 0 Å². The smallest absolute Gasteiger partial charge is 0.410 e. The summed E-state index contributed by atoms with van der Waals surface area (Å²) in [6, 6.07) is 3.81. The molecule has 23 heavy (non-hydrogen) atoms. The minimum absolute atomic E-state index is 0.333. The van der Waals surface area contributed by atoms with Crippen LogP contribution in [0.5, 0.6) is 0 Å². The number of aliphatic imine (C=N–C) groups is 1. The van der Waals surface area contributed by atoms with Crippen molar-refractivity contribution in [1.29, 1.82) is 0 Å². The molecule has 1 aromatic rings. The van der Waals surface area contributed by atoms with Crippen LogP contribution in [0, 0.1) is 0 Å². The fourth-order valence-electron chi connectivity index (χ4n) is 1.75. The first-order chi connectivity index (χ1) is 10.8. The van der Waals surface area contributed by atoms with Gasteiger partial charge in [-0.2, -0.15) is 0 Å². The van der Waals surface area contributed by atoms with Gasteiger partial charge in [-0.15, -0.1) is 0 Å². The highest BCUT2D eigenvalue weighted by atomic mass is 16.6. The van der Waals surface area contributed by atoms with Crippen LogP contribution in [0.4, 0.5) is 4.79 Å². The highest BCUT2D eigenvalue weighted by Crippen LogP contribution is 2.08. The van der Waals surface area contributed by atoms with E-state index in [1.54, 1.807) is 20.4 Å². The molecule has 0 saturated carbocycles. The second-order valence-corrected chi connectivity index (χ2v) is 6.16. The predicted octanol–water partition coefficient (Wildman–Crippen LogP) is 1.85. The highest BCUT2D eigenvalue weighted by molar-refractivity contribution is 5.79. The van der Waals surface area contributed by atoms with Gasteiger partial charge in [0.25, 0.3) is 0 Å². The maximum atomic E-state index is 11.8. The molecule has 1 aromatic heterocycles. The number of likely N-dealkylation sites (N-methyl/N-ethyl adjacent to an activating group) is 1. The lowest BCUT2D eigenvalue weighted by molar-refractivity contribution is 0.0302. The maximum Gasteiger partial charge on any atom is 0.410 e. The maximum absolute atomic E-state index is 11.8. The third kappa shape index (κ3) is 8.13. The topological polar surface area (TPSA) is 79.1 Å². The summed E-state index contributed by atoms with van der Waals surface area (Å²) in [5.74, 6) is 1.62. The van der Waals surface area contributed by atoms with Crippen molar-refractivity contribution in [3.63, 3.8) is 0 Å². The molecule has 0 unspecified atom stereocenters. The summed E-state index contributed by atoms with van der Waals surface area (Å²) in [5, 5.41) is 6.35. The van der Waals surface area contributed by atoms with Crippen LogP contribution in [0.25, 0.3) is 0 Å². The Labute approximate surface area is 138 Å².